The van der Waals surface area contributed by atoms with Gasteiger partial charge in [0.1, 0.15) is 6.04 Å². The quantitative estimate of drug-likeness (QED) is 0.733. The van der Waals surface area contributed by atoms with E-state index in [4.69, 9.17) is 0 Å². The van der Waals surface area contributed by atoms with Crippen molar-refractivity contribution in [1.29, 1.82) is 0 Å². The Morgan fingerprint density at radius 1 is 0.844 bits per heavy atom. The molecule has 2 aromatic rings. The molecule has 4 fully saturated rings. The molecule has 0 unspecified atom stereocenters. The second-order valence-corrected chi connectivity index (χ2v) is 10.4. The Kier molecular flexibility index (Phi) is 4.49. The van der Waals surface area contributed by atoms with Crippen LogP contribution in [0.15, 0.2) is 54.6 Å². The number of nitrogens with zero attached hydrogens (tertiary/aromatic N) is 1. The number of fused-ring (bicyclic) bond motifs is 1. The van der Waals surface area contributed by atoms with Crippen LogP contribution in [0, 0.1) is 17.8 Å². The molecule has 4 bridgehead atoms. The molecule has 164 valence electrons. The summed E-state index contributed by atoms with van der Waals surface area (Å²) >= 11 is 0. The van der Waals surface area contributed by atoms with Crippen molar-refractivity contribution in [1.82, 2.24) is 10.2 Å². The molecular weight excluding hydrogens is 400 g/mol. The first-order chi connectivity index (χ1) is 15.5. The van der Waals surface area contributed by atoms with Crippen LogP contribution in [-0.4, -0.2) is 34.2 Å². The number of carbonyl (C=O) groups excluding carboxylic acids is 3. The Balaban J connectivity index is 1.32. The lowest BCUT2D eigenvalue weighted by molar-refractivity contribution is -0.130. The van der Waals surface area contributed by atoms with Crippen LogP contribution in [0.3, 0.4) is 0 Å². The molecule has 2 aromatic carbocycles. The van der Waals surface area contributed by atoms with Gasteiger partial charge in [-0.15, -0.1) is 0 Å². The van der Waals surface area contributed by atoms with Crippen molar-refractivity contribution in [3.63, 3.8) is 0 Å². The normalized spacial score (nSPS) is 31.0. The van der Waals surface area contributed by atoms with Crippen LogP contribution < -0.4 is 5.32 Å². The summed E-state index contributed by atoms with van der Waals surface area (Å²) in [6, 6.07) is 15.7. The molecule has 0 radical (unpaired) electrons. The predicted octanol–water partition coefficient (Wildman–Crippen LogP) is 3.98. The zero-order chi connectivity index (χ0) is 21.9. The van der Waals surface area contributed by atoms with Crippen LogP contribution in [0.2, 0.25) is 0 Å². The number of hydrogen-bond acceptors (Lipinski definition) is 3. The lowest BCUT2D eigenvalue weighted by Crippen LogP contribution is -2.63. The summed E-state index contributed by atoms with van der Waals surface area (Å²) in [4.78, 5) is 41.5. The number of carbonyl (C=O) groups is 3. The monoisotopic (exact) mass is 428 g/mol. The van der Waals surface area contributed by atoms with Gasteiger partial charge in [-0.25, -0.2) is 0 Å². The van der Waals surface area contributed by atoms with Gasteiger partial charge in [0.15, 0.2) is 0 Å². The molecule has 1 aliphatic heterocycles. The fraction of sp³-hybridized carbons (Fsp3) is 0.444. The van der Waals surface area contributed by atoms with Gasteiger partial charge < -0.3 is 5.32 Å². The third-order valence-corrected chi connectivity index (χ3v) is 8.14. The van der Waals surface area contributed by atoms with E-state index in [2.05, 4.69) is 5.32 Å². The Hall–Kier alpha value is -2.95. The topological polar surface area (TPSA) is 66.5 Å². The summed E-state index contributed by atoms with van der Waals surface area (Å²) in [5, 5.41) is 3.40. The van der Waals surface area contributed by atoms with E-state index in [1.165, 1.54) is 24.2 Å². The molecule has 5 aliphatic rings. The van der Waals surface area contributed by atoms with E-state index in [9.17, 15) is 14.4 Å². The van der Waals surface area contributed by atoms with Gasteiger partial charge in [0.25, 0.3) is 11.8 Å². The number of amides is 3. The van der Waals surface area contributed by atoms with Crippen molar-refractivity contribution >= 4 is 17.7 Å². The highest BCUT2D eigenvalue weighted by Gasteiger charge is 2.53. The standard InChI is InChI=1S/C27H28N2O3/c30-24(28-27-14-18-10-19(15-27)12-20(11-18)16-27)23(13-17-6-2-1-3-7-17)29-25(31)21-8-4-5-9-22(21)26(29)32/h1-9,18-20,23H,10-16H2,(H,28,30)/t18?,19?,20?,23-,27?/m0/s1. The van der Waals surface area contributed by atoms with E-state index in [1.54, 1.807) is 24.3 Å². The van der Waals surface area contributed by atoms with Gasteiger partial charge in [0, 0.05) is 12.0 Å². The van der Waals surface area contributed by atoms with Gasteiger partial charge in [-0.2, -0.15) is 0 Å². The smallest absolute Gasteiger partial charge is 0.262 e. The van der Waals surface area contributed by atoms with Gasteiger partial charge >= 0.3 is 0 Å². The third-order valence-electron chi connectivity index (χ3n) is 8.14. The minimum absolute atomic E-state index is 0.167. The SMILES string of the molecule is O=C(NC12CC3CC(CC(C3)C1)C2)[C@H](Cc1ccccc1)N1C(=O)c2ccccc2C1=O. The summed E-state index contributed by atoms with van der Waals surface area (Å²) in [5.74, 6) is 1.18. The van der Waals surface area contributed by atoms with Crippen LogP contribution in [0.25, 0.3) is 0 Å². The van der Waals surface area contributed by atoms with Crippen LogP contribution in [0.4, 0.5) is 0 Å². The van der Waals surface area contributed by atoms with Crippen LogP contribution in [0.5, 0.6) is 0 Å². The molecule has 1 heterocycles. The second kappa shape index (κ2) is 7.29. The van der Waals surface area contributed by atoms with Crippen molar-refractivity contribution in [2.24, 2.45) is 17.8 Å². The number of imide groups is 1. The minimum Gasteiger partial charge on any atom is -0.349 e. The lowest BCUT2D eigenvalue weighted by Gasteiger charge is -2.57. The number of hydrogen-bond donors (Lipinski definition) is 1. The zero-order valence-corrected chi connectivity index (χ0v) is 18.1. The molecule has 5 heteroatoms. The molecule has 4 aliphatic carbocycles. The maximum absolute atomic E-state index is 13.8. The summed E-state index contributed by atoms with van der Waals surface area (Å²) in [6.07, 6.45) is 7.30. The average Bonchev–Trinajstić information content (AvgIpc) is 3.02. The molecule has 7 rings (SSSR count). The highest BCUT2D eigenvalue weighted by molar-refractivity contribution is 6.22. The predicted molar refractivity (Wildman–Crippen MR) is 120 cm³/mol. The van der Waals surface area contributed by atoms with Gasteiger partial charge in [-0.1, -0.05) is 42.5 Å². The first-order valence-corrected chi connectivity index (χ1v) is 11.8. The number of benzene rings is 2. The van der Waals surface area contributed by atoms with E-state index in [-0.39, 0.29) is 23.3 Å². The molecule has 3 amide bonds. The largest absolute Gasteiger partial charge is 0.349 e. The number of rotatable bonds is 5. The summed E-state index contributed by atoms with van der Waals surface area (Å²) in [6.45, 7) is 0. The Labute approximate surface area is 188 Å². The maximum atomic E-state index is 13.8. The molecule has 0 aromatic heterocycles. The van der Waals surface area contributed by atoms with E-state index in [1.807, 2.05) is 30.3 Å². The van der Waals surface area contributed by atoms with E-state index >= 15 is 0 Å². The Morgan fingerprint density at radius 2 is 1.34 bits per heavy atom. The van der Waals surface area contributed by atoms with Crippen molar-refractivity contribution in [3.8, 4) is 0 Å². The second-order valence-electron chi connectivity index (χ2n) is 10.4. The Morgan fingerprint density at radius 3 is 1.88 bits per heavy atom. The Bertz CT molecular complexity index is 1020. The molecule has 5 nitrogen and oxygen atoms in total. The van der Waals surface area contributed by atoms with Crippen molar-refractivity contribution in [2.75, 3.05) is 0 Å². The van der Waals surface area contributed by atoms with Crippen molar-refractivity contribution in [2.45, 2.75) is 56.5 Å². The van der Waals surface area contributed by atoms with Gasteiger partial charge in [0.05, 0.1) is 11.1 Å². The third kappa shape index (κ3) is 3.17. The molecule has 1 atom stereocenters. The van der Waals surface area contributed by atoms with Gasteiger partial charge in [-0.3, -0.25) is 19.3 Å². The molecular formula is C27H28N2O3. The molecule has 0 spiro atoms. The molecule has 32 heavy (non-hydrogen) atoms. The summed E-state index contributed by atoms with van der Waals surface area (Å²) in [5.41, 5.74) is 1.55. The summed E-state index contributed by atoms with van der Waals surface area (Å²) < 4.78 is 0. The van der Waals surface area contributed by atoms with Crippen molar-refractivity contribution < 1.29 is 14.4 Å². The van der Waals surface area contributed by atoms with E-state index < -0.39 is 6.04 Å². The minimum atomic E-state index is -0.849. The molecule has 0 saturated heterocycles. The van der Waals surface area contributed by atoms with Gasteiger partial charge in [0.2, 0.25) is 5.91 Å². The van der Waals surface area contributed by atoms with Crippen molar-refractivity contribution in [3.05, 3.63) is 71.3 Å². The molecule has 1 N–H and O–H groups in total. The van der Waals surface area contributed by atoms with E-state index in [0.29, 0.717) is 35.3 Å². The highest BCUT2D eigenvalue weighted by atomic mass is 16.2. The first-order valence-electron chi connectivity index (χ1n) is 11.8. The highest BCUT2D eigenvalue weighted by Crippen LogP contribution is 2.55. The number of nitrogens with one attached hydrogen (secondary N) is 1. The molecule has 4 saturated carbocycles. The van der Waals surface area contributed by atoms with Crippen LogP contribution in [0.1, 0.15) is 64.8 Å². The first kappa shape index (κ1) is 19.7. The van der Waals surface area contributed by atoms with E-state index in [0.717, 1.165) is 24.8 Å². The zero-order valence-electron chi connectivity index (χ0n) is 18.1. The van der Waals surface area contributed by atoms with Crippen LogP contribution in [-0.2, 0) is 11.2 Å². The fourth-order valence-electron chi connectivity index (χ4n) is 7.24. The average molecular weight is 429 g/mol. The van der Waals surface area contributed by atoms with Crippen LogP contribution >= 0.6 is 0 Å². The lowest BCUT2D eigenvalue weighted by atomic mass is 9.53. The maximum Gasteiger partial charge on any atom is 0.262 e. The fourth-order valence-corrected chi connectivity index (χ4v) is 7.24. The van der Waals surface area contributed by atoms with Gasteiger partial charge in [-0.05, 0) is 74.0 Å². The summed E-state index contributed by atoms with van der Waals surface area (Å²) in [7, 11) is 0.